The molecule has 1 saturated heterocycles. The van der Waals surface area contributed by atoms with Gasteiger partial charge in [0.1, 0.15) is 4.88 Å². The van der Waals surface area contributed by atoms with Crippen molar-refractivity contribution in [2.75, 3.05) is 20.3 Å². The van der Waals surface area contributed by atoms with Gasteiger partial charge in [-0.1, -0.05) is 43.7 Å². The highest BCUT2D eigenvalue weighted by molar-refractivity contribution is 7.13. The number of aromatic nitrogens is 1. The number of nitrogens with zero attached hydrogens (tertiary/aromatic N) is 2. The Hall–Kier alpha value is -1.72. The number of likely N-dealkylation sites (tertiary alicyclic amines) is 1. The van der Waals surface area contributed by atoms with Crippen LogP contribution in [0.1, 0.15) is 52.8 Å². The maximum Gasteiger partial charge on any atom is 0.266 e. The van der Waals surface area contributed by atoms with Crippen LogP contribution in [-0.2, 0) is 11.2 Å². The zero-order valence-electron chi connectivity index (χ0n) is 15.0. The summed E-state index contributed by atoms with van der Waals surface area (Å²) in [6, 6.07) is 10.3. The summed E-state index contributed by atoms with van der Waals surface area (Å²) < 4.78 is 5.48. The van der Waals surface area contributed by atoms with Gasteiger partial charge in [-0.05, 0) is 24.8 Å². The van der Waals surface area contributed by atoms with E-state index in [-0.39, 0.29) is 11.4 Å². The highest BCUT2D eigenvalue weighted by atomic mass is 32.1. The fourth-order valence-corrected chi connectivity index (χ4v) is 4.77. The number of carbonyl (C=O) groups is 1. The lowest BCUT2D eigenvalue weighted by atomic mass is 9.91. The van der Waals surface area contributed by atoms with E-state index in [1.54, 1.807) is 13.3 Å². The molecule has 0 spiro atoms. The van der Waals surface area contributed by atoms with Crippen molar-refractivity contribution < 1.29 is 9.53 Å². The molecule has 0 aliphatic carbocycles. The van der Waals surface area contributed by atoms with E-state index in [4.69, 9.17) is 4.74 Å². The average molecular weight is 359 g/mol. The van der Waals surface area contributed by atoms with Crippen molar-refractivity contribution in [3.63, 3.8) is 0 Å². The Labute approximate surface area is 153 Å². The summed E-state index contributed by atoms with van der Waals surface area (Å²) in [5, 5.41) is 0.988. The largest absolute Gasteiger partial charge is 0.382 e. The van der Waals surface area contributed by atoms with Crippen LogP contribution in [0, 0.1) is 0 Å². The van der Waals surface area contributed by atoms with Gasteiger partial charge in [-0.3, -0.25) is 4.79 Å². The van der Waals surface area contributed by atoms with E-state index in [0.29, 0.717) is 6.61 Å². The first-order valence-corrected chi connectivity index (χ1v) is 9.80. The van der Waals surface area contributed by atoms with Crippen LogP contribution in [0.15, 0.2) is 36.5 Å². The summed E-state index contributed by atoms with van der Waals surface area (Å²) in [5.41, 5.74) is 1.07. The van der Waals surface area contributed by atoms with Crippen molar-refractivity contribution in [1.29, 1.82) is 0 Å². The van der Waals surface area contributed by atoms with Crippen molar-refractivity contribution in [2.45, 2.75) is 44.6 Å². The molecule has 5 heteroatoms. The lowest BCUT2D eigenvalue weighted by molar-refractivity contribution is 0.0258. The van der Waals surface area contributed by atoms with E-state index in [2.05, 4.69) is 24.0 Å². The minimum absolute atomic E-state index is 0.111. The topological polar surface area (TPSA) is 42.4 Å². The van der Waals surface area contributed by atoms with Crippen LogP contribution < -0.4 is 0 Å². The molecule has 1 amide bonds. The third-order valence-corrected chi connectivity index (χ3v) is 5.92. The van der Waals surface area contributed by atoms with Gasteiger partial charge >= 0.3 is 0 Å². The Morgan fingerprint density at radius 1 is 1.36 bits per heavy atom. The number of ether oxygens (including phenoxy) is 1. The smallest absolute Gasteiger partial charge is 0.266 e. The molecule has 1 atom stereocenters. The summed E-state index contributed by atoms with van der Waals surface area (Å²) in [6.07, 6.45) is 6.63. The summed E-state index contributed by atoms with van der Waals surface area (Å²) >= 11 is 1.52. The Morgan fingerprint density at radius 2 is 2.16 bits per heavy atom. The van der Waals surface area contributed by atoms with Crippen LogP contribution in [0.3, 0.4) is 0 Å². The summed E-state index contributed by atoms with van der Waals surface area (Å²) in [5.74, 6) is 0.111. The van der Waals surface area contributed by atoms with Gasteiger partial charge in [0.25, 0.3) is 5.91 Å². The summed E-state index contributed by atoms with van der Waals surface area (Å²) in [7, 11) is 1.73. The molecule has 0 unspecified atom stereocenters. The minimum atomic E-state index is -0.149. The van der Waals surface area contributed by atoms with Crippen LogP contribution in [0.25, 0.3) is 0 Å². The van der Waals surface area contributed by atoms with Gasteiger partial charge in [0.2, 0.25) is 0 Å². The number of thiazole rings is 1. The third kappa shape index (κ3) is 3.93. The molecule has 25 heavy (non-hydrogen) atoms. The fraction of sp³-hybridized carbons (Fsp3) is 0.500. The first-order chi connectivity index (χ1) is 12.2. The highest BCUT2D eigenvalue weighted by Crippen LogP contribution is 2.36. The van der Waals surface area contributed by atoms with E-state index in [0.717, 1.165) is 48.5 Å². The molecule has 4 nitrogen and oxygen atoms in total. The van der Waals surface area contributed by atoms with Crippen molar-refractivity contribution in [2.24, 2.45) is 0 Å². The number of methoxy groups -OCH3 is 1. The molecule has 2 aromatic rings. The van der Waals surface area contributed by atoms with Crippen LogP contribution >= 0.6 is 11.3 Å². The number of amides is 1. The van der Waals surface area contributed by atoms with Crippen molar-refractivity contribution in [1.82, 2.24) is 9.88 Å². The molecule has 1 aliphatic heterocycles. The molecule has 134 valence electrons. The van der Waals surface area contributed by atoms with Gasteiger partial charge in [-0.25, -0.2) is 4.98 Å². The molecule has 0 radical (unpaired) electrons. The van der Waals surface area contributed by atoms with Gasteiger partial charge in [0.05, 0.1) is 23.4 Å². The Kier molecular flexibility index (Phi) is 5.86. The van der Waals surface area contributed by atoms with E-state index in [1.807, 2.05) is 23.1 Å². The molecule has 1 fully saturated rings. The first kappa shape index (κ1) is 18.1. The fourth-order valence-electron chi connectivity index (χ4n) is 3.87. The zero-order chi connectivity index (χ0) is 17.7. The third-order valence-electron chi connectivity index (χ3n) is 4.93. The van der Waals surface area contributed by atoms with E-state index in [9.17, 15) is 4.79 Å². The average Bonchev–Trinajstić information content (AvgIpc) is 3.23. The highest BCUT2D eigenvalue weighted by Gasteiger charge is 2.43. The molecule has 0 N–H and O–H groups in total. The van der Waals surface area contributed by atoms with Crippen molar-refractivity contribution >= 4 is 17.2 Å². The Morgan fingerprint density at radius 3 is 2.88 bits per heavy atom. The maximum atomic E-state index is 13.1. The number of benzene rings is 1. The van der Waals surface area contributed by atoms with Gasteiger partial charge in [-0.2, -0.15) is 0 Å². The SMILES string of the molecule is CCC[C@]1(COC)CCCN1C(=O)c1cnc(Cc2ccccc2)s1. The molecule has 2 heterocycles. The molecular weight excluding hydrogens is 332 g/mol. The van der Waals surface area contributed by atoms with Gasteiger partial charge in [0.15, 0.2) is 0 Å². The maximum absolute atomic E-state index is 13.1. The molecule has 0 bridgehead atoms. The molecule has 1 aromatic carbocycles. The predicted molar refractivity (Wildman–Crippen MR) is 101 cm³/mol. The molecule has 1 aromatic heterocycles. The standard InChI is InChI=1S/C20H26N2O2S/c1-3-10-20(15-24-2)11-7-12-22(20)19(23)17-14-21-18(25-17)13-16-8-5-4-6-9-16/h4-6,8-9,14H,3,7,10-13,15H2,1-2H3/t20-/m1/s1. The second-order valence-corrected chi connectivity index (χ2v) is 7.86. The predicted octanol–water partition coefficient (Wildman–Crippen LogP) is 4.16. The minimum Gasteiger partial charge on any atom is -0.382 e. The Bertz CT molecular complexity index is 693. The van der Waals surface area contributed by atoms with Gasteiger partial charge in [-0.15, -0.1) is 11.3 Å². The second-order valence-electron chi connectivity index (χ2n) is 6.75. The quantitative estimate of drug-likeness (QED) is 0.746. The number of rotatable bonds is 7. The first-order valence-electron chi connectivity index (χ1n) is 8.98. The Balaban J connectivity index is 1.76. The van der Waals surface area contributed by atoms with E-state index >= 15 is 0 Å². The molecular formula is C20H26N2O2S. The lowest BCUT2D eigenvalue weighted by Gasteiger charge is -2.37. The molecule has 3 rings (SSSR count). The van der Waals surface area contributed by atoms with Crippen molar-refractivity contribution in [3.05, 3.63) is 52.0 Å². The normalized spacial score (nSPS) is 20.2. The number of hydrogen-bond acceptors (Lipinski definition) is 4. The summed E-state index contributed by atoms with van der Waals surface area (Å²) in [6.45, 7) is 3.60. The van der Waals surface area contributed by atoms with E-state index in [1.165, 1.54) is 16.9 Å². The van der Waals surface area contributed by atoms with Crippen LogP contribution in [0.4, 0.5) is 0 Å². The van der Waals surface area contributed by atoms with Gasteiger partial charge < -0.3 is 9.64 Å². The second kappa shape index (κ2) is 8.11. The molecule has 0 saturated carbocycles. The lowest BCUT2D eigenvalue weighted by Crippen LogP contribution is -2.50. The van der Waals surface area contributed by atoms with Gasteiger partial charge in [0, 0.05) is 20.1 Å². The number of carbonyl (C=O) groups excluding carboxylic acids is 1. The number of hydrogen-bond donors (Lipinski definition) is 0. The van der Waals surface area contributed by atoms with Crippen LogP contribution in [0.2, 0.25) is 0 Å². The van der Waals surface area contributed by atoms with E-state index < -0.39 is 0 Å². The monoisotopic (exact) mass is 358 g/mol. The zero-order valence-corrected chi connectivity index (χ0v) is 15.8. The van der Waals surface area contributed by atoms with Crippen molar-refractivity contribution in [3.8, 4) is 0 Å². The summed E-state index contributed by atoms with van der Waals surface area (Å²) in [4.78, 5) is 20.4. The van der Waals surface area contributed by atoms with Crippen LogP contribution in [0.5, 0.6) is 0 Å². The molecule has 1 aliphatic rings. The van der Waals surface area contributed by atoms with Crippen LogP contribution in [-0.4, -0.2) is 41.6 Å².